The average molecular weight is 262 g/mol. The lowest BCUT2D eigenvalue weighted by atomic mass is 10.0. The van der Waals surface area contributed by atoms with Gasteiger partial charge in [-0.3, -0.25) is 14.4 Å². The minimum absolute atomic E-state index is 0.0169. The van der Waals surface area contributed by atoms with Crippen molar-refractivity contribution in [3.05, 3.63) is 23.8 Å². The van der Waals surface area contributed by atoms with E-state index in [1.807, 2.05) is 0 Å². The third-order valence-electron chi connectivity index (χ3n) is 2.79. The predicted molar refractivity (Wildman–Crippen MR) is 68.2 cm³/mol. The van der Waals surface area contributed by atoms with Gasteiger partial charge in [-0.15, -0.1) is 0 Å². The maximum Gasteiger partial charge on any atom is 0.262 e. The second-order valence-electron chi connectivity index (χ2n) is 4.14. The molecule has 100 valence electrons. The minimum Gasteiger partial charge on any atom is -0.482 e. The summed E-state index contributed by atoms with van der Waals surface area (Å²) < 4.78 is 5.20. The Balaban J connectivity index is 2.09. The molecule has 6 heteroatoms. The highest BCUT2D eigenvalue weighted by Gasteiger charge is 2.18. The number of ether oxygens (including phenoxy) is 1. The van der Waals surface area contributed by atoms with Gasteiger partial charge in [-0.1, -0.05) is 0 Å². The maximum atomic E-state index is 11.9. The van der Waals surface area contributed by atoms with E-state index < -0.39 is 0 Å². The Morgan fingerprint density at radius 1 is 1.37 bits per heavy atom. The molecule has 1 aromatic rings. The highest BCUT2D eigenvalue weighted by molar-refractivity contribution is 6.01. The number of amides is 2. The summed E-state index contributed by atoms with van der Waals surface area (Å²) in [5.74, 6) is -0.0286. The topological polar surface area (TPSA) is 84.5 Å². The molecule has 1 heterocycles. The van der Waals surface area contributed by atoms with Gasteiger partial charge in [0.1, 0.15) is 5.75 Å². The summed E-state index contributed by atoms with van der Waals surface area (Å²) in [5, 5.41) is 5.10. The molecule has 0 radical (unpaired) electrons. The van der Waals surface area contributed by atoms with Gasteiger partial charge in [0.25, 0.3) is 5.91 Å². The fourth-order valence-corrected chi connectivity index (χ4v) is 1.75. The molecule has 0 bridgehead atoms. The van der Waals surface area contributed by atoms with Crippen LogP contribution in [-0.4, -0.2) is 31.3 Å². The number of rotatable bonds is 4. The van der Waals surface area contributed by atoms with Crippen LogP contribution in [0.3, 0.4) is 0 Å². The van der Waals surface area contributed by atoms with Crippen molar-refractivity contribution in [1.82, 2.24) is 5.32 Å². The Labute approximate surface area is 110 Å². The summed E-state index contributed by atoms with van der Waals surface area (Å²) in [6.45, 7) is -0.0169. The second kappa shape index (κ2) is 5.51. The normalized spacial score (nSPS) is 13.0. The van der Waals surface area contributed by atoms with E-state index in [0.717, 1.165) is 0 Å². The van der Waals surface area contributed by atoms with Crippen molar-refractivity contribution in [2.24, 2.45) is 0 Å². The smallest absolute Gasteiger partial charge is 0.262 e. The summed E-state index contributed by atoms with van der Waals surface area (Å²) in [4.78, 5) is 34.2. The third kappa shape index (κ3) is 3.09. The Kier molecular flexibility index (Phi) is 3.79. The van der Waals surface area contributed by atoms with Gasteiger partial charge >= 0.3 is 0 Å². The molecule has 0 fully saturated rings. The maximum absolute atomic E-state index is 11.9. The second-order valence-corrected chi connectivity index (χ2v) is 4.14. The number of benzene rings is 1. The molecule has 2 rings (SSSR count). The molecule has 0 saturated carbocycles. The minimum atomic E-state index is -0.248. The quantitative estimate of drug-likeness (QED) is 0.783. The monoisotopic (exact) mass is 262 g/mol. The number of nitrogens with one attached hydrogen (secondary N) is 2. The number of anilines is 1. The van der Waals surface area contributed by atoms with Crippen molar-refractivity contribution in [3.8, 4) is 5.75 Å². The average Bonchev–Trinajstić information content (AvgIpc) is 2.43. The number of carbonyl (C=O) groups is 3. The first-order valence-corrected chi connectivity index (χ1v) is 5.90. The zero-order chi connectivity index (χ0) is 13.8. The lowest BCUT2D eigenvalue weighted by Gasteiger charge is -2.18. The van der Waals surface area contributed by atoms with E-state index in [9.17, 15) is 14.4 Å². The summed E-state index contributed by atoms with van der Waals surface area (Å²) >= 11 is 0. The highest BCUT2D eigenvalue weighted by atomic mass is 16.5. The predicted octanol–water partition coefficient (Wildman–Crippen LogP) is 0.726. The number of carbonyl (C=O) groups excluding carboxylic acids is 3. The SMILES string of the molecule is CNC(=O)CCC(=O)c1ccc2c(c1)NC(=O)CO2. The van der Waals surface area contributed by atoms with Crippen LogP contribution < -0.4 is 15.4 Å². The third-order valence-corrected chi connectivity index (χ3v) is 2.79. The highest BCUT2D eigenvalue weighted by Crippen LogP contribution is 2.28. The molecule has 2 amide bonds. The van der Waals surface area contributed by atoms with Gasteiger partial charge in [0.15, 0.2) is 12.4 Å². The molecule has 0 aromatic heterocycles. The summed E-state index contributed by atoms with van der Waals surface area (Å²) in [7, 11) is 1.53. The van der Waals surface area contributed by atoms with Crippen LogP contribution >= 0.6 is 0 Å². The van der Waals surface area contributed by atoms with Crippen molar-refractivity contribution >= 4 is 23.3 Å². The first-order valence-electron chi connectivity index (χ1n) is 5.90. The molecule has 0 atom stereocenters. The molecular weight excluding hydrogens is 248 g/mol. The Bertz CT molecular complexity index is 539. The van der Waals surface area contributed by atoms with Crippen molar-refractivity contribution in [2.45, 2.75) is 12.8 Å². The molecule has 0 saturated heterocycles. The molecule has 1 aliphatic heterocycles. The fraction of sp³-hybridized carbons (Fsp3) is 0.308. The van der Waals surface area contributed by atoms with Crippen molar-refractivity contribution in [3.63, 3.8) is 0 Å². The van der Waals surface area contributed by atoms with E-state index in [-0.39, 0.29) is 37.0 Å². The molecule has 1 aliphatic rings. The van der Waals surface area contributed by atoms with E-state index >= 15 is 0 Å². The Hall–Kier alpha value is -2.37. The molecule has 6 nitrogen and oxygen atoms in total. The molecule has 19 heavy (non-hydrogen) atoms. The van der Waals surface area contributed by atoms with Crippen LogP contribution in [0.5, 0.6) is 5.75 Å². The summed E-state index contributed by atoms with van der Waals surface area (Å²) in [5.41, 5.74) is 0.940. The fourth-order valence-electron chi connectivity index (χ4n) is 1.75. The first-order chi connectivity index (χ1) is 9.10. The van der Waals surface area contributed by atoms with Crippen LogP contribution in [0.4, 0.5) is 5.69 Å². The lowest BCUT2D eigenvalue weighted by molar-refractivity contribution is -0.120. The number of hydrogen-bond donors (Lipinski definition) is 2. The van der Waals surface area contributed by atoms with Gasteiger partial charge in [0.2, 0.25) is 5.91 Å². The zero-order valence-electron chi connectivity index (χ0n) is 10.5. The number of fused-ring (bicyclic) bond motifs is 1. The Morgan fingerprint density at radius 3 is 2.89 bits per heavy atom. The van der Waals surface area contributed by atoms with Crippen molar-refractivity contribution in [2.75, 3.05) is 19.0 Å². The molecule has 0 unspecified atom stereocenters. The standard InChI is InChI=1S/C13H14N2O4/c1-14-12(17)5-3-10(16)8-2-4-11-9(6-8)15-13(18)7-19-11/h2,4,6H,3,5,7H2,1H3,(H,14,17)(H,15,18). The van der Waals surface area contributed by atoms with E-state index in [4.69, 9.17) is 4.74 Å². The molecule has 1 aromatic carbocycles. The lowest BCUT2D eigenvalue weighted by Crippen LogP contribution is -2.25. The number of ketones is 1. The van der Waals surface area contributed by atoms with Crippen LogP contribution in [0.1, 0.15) is 23.2 Å². The van der Waals surface area contributed by atoms with E-state index in [1.54, 1.807) is 18.2 Å². The van der Waals surface area contributed by atoms with Crippen LogP contribution in [0.25, 0.3) is 0 Å². The van der Waals surface area contributed by atoms with Crippen LogP contribution in [0.2, 0.25) is 0 Å². The van der Waals surface area contributed by atoms with E-state index in [2.05, 4.69) is 10.6 Å². The van der Waals surface area contributed by atoms with E-state index in [0.29, 0.717) is 17.0 Å². The summed E-state index contributed by atoms with van der Waals surface area (Å²) in [6.07, 6.45) is 0.280. The molecule has 0 spiro atoms. The van der Waals surface area contributed by atoms with Gasteiger partial charge in [-0.2, -0.15) is 0 Å². The zero-order valence-corrected chi connectivity index (χ0v) is 10.5. The summed E-state index contributed by atoms with van der Waals surface area (Å²) in [6, 6.07) is 4.84. The Morgan fingerprint density at radius 2 is 2.16 bits per heavy atom. The van der Waals surface area contributed by atoms with Gasteiger partial charge in [0, 0.05) is 25.5 Å². The van der Waals surface area contributed by atoms with Crippen LogP contribution in [0.15, 0.2) is 18.2 Å². The van der Waals surface area contributed by atoms with Gasteiger partial charge < -0.3 is 15.4 Å². The van der Waals surface area contributed by atoms with Crippen molar-refractivity contribution in [1.29, 1.82) is 0 Å². The number of hydrogen-bond acceptors (Lipinski definition) is 4. The van der Waals surface area contributed by atoms with Gasteiger partial charge in [-0.05, 0) is 18.2 Å². The van der Waals surface area contributed by atoms with Gasteiger partial charge in [-0.25, -0.2) is 0 Å². The molecular formula is C13H14N2O4. The van der Waals surface area contributed by atoms with E-state index in [1.165, 1.54) is 7.05 Å². The largest absolute Gasteiger partial charge is 0.482 e. The van der Waals surface area contributed by atoms with Gasteiger partial charge in [0.05, 0.1) is 5.69 Å². The molecule has 2 N–H and O–H groups in total. The van der Waals surface area contributed by atoms with Crippen molar-refractivity contribution < 1.29 is 19.1 Å². The molecule has 0 aliphatic carbocycles. The van der Waals surface area contributed by atoms with Crippen LogP contribution in [-0.2, 0) is 9.59 Å². The van der Waals surface area contributed by atoms with Crippen LogP contribution in [0, 0.1) is 0 Å². The number of Topliss-reactive ketones (excluding diaryl/α,β-unsaturated/α-hetero) is 1. The first kappa shape index (κ1) is 13.1.